The molecule has 1 aromatic carbocycles. The standard InChI is InChI=1S/C17H19Cl2NO/c1-10(2)14-8-16(11(3)7-15(14)19)21-17-6-5-13(9-18)12(4)20-17/h5-8,10H,9H2,1-4H3. The fourth-order valence-corrected chi connectivity index (χ4v) is 2.82. The van der Waals surface area contributed by atoms with Crippen molar-refractivity contribution in [3.05, 3.63) is 51.7 Å². The Kier molecular flexibility index (Phi) is 5.13. The molecule has 0 unspecified atom stereocenters. The summed E-state index contributed by atoms with van der Waals surface area (Å²) in [6, 6.07) is 7.72. The lowest BCUT2D eigenvalue weighted by atomic mass is 10.0. The number of aryl methyl sites for hydroxylation is 2. The van der Waals surface area contributed by atoms with Crippen molar-refractivity contribution in [1.29, 1.82) is 0 Å². The van der Waals surface area contributed by atoms with Crippen molar-refractivity contribution in [2.45, 2.75) is 39.5 Å². The lowest BCUT2D eigenvalue weighted by molar-refractivity contribution is 0.457. The number of pyridine rings is 1. The van der Waals surface area contributed by atoms with Gasteiger partial charge in [-0.15, -0.1) is 11.6 Å². The number of alkyl halides is 1. The van der Waals surface area contributed by atoms with E-state index in [0.29, 0.717) is 17.7 Å². The molecule has 21 heavy (non-hydrogen) atoms. The number of rotatable bonds is 4. The highest BCUT2D eigenvalue weighted by Gasteiger charge is 2.11. The highest BCUT2D eigenvalue weighted by Crippen LogP contribution is 2.33. The van der Waals surface area contributed by atoms with E-state index >= 15 is 0 Å². The average molecular weight is 324 g/mol. The molecule has 0 radical (unpaired) electrons. The van der Waals surface area contributed by atoms with Gasteiger partial charge in [-0.3, -0.25) is 0 Å². The first-order valence-electron chi connectivity index (χ1n) is 6.92. The molecule has 0 amide bonds. The summed E-state index contributed by atoms with van der Waals surface area (Å²) >= 11 is 12.1. The molecule has 4 heteroatoms. The average Bonchev–Trinajstić information content (AvgIpc) is 2.41. The largest absolute Gasteiger partial charge is 0.439 e. The minimum atomic E-state index is 0.341. The summed E-state index contributed by atoms with van der Waals surface area (Å²) in [4.78, 5) is 4.44. The monoisotopic (exact) mass is 323 g/mol. The summed E-state index contributed by atoms with van der Waals surface area (Å²) in [6.07, 6.45) is 0. The van der Waals surface area contributed by atoms with Gasteiger partial charge in [-0.2, -0.15) is 0 Å². The van der Waals surface area contributed by atoms with Gasteiger partial charge in [-0.05, 0) is 48.6 Å². The van der Waals surface area contributed by atoms with E-state index < -0.39 is 0 Å². The van der Waals surface area contributed by atoms with Crippen LogP contribution in [0.15, 0.2) is 24.3 Å². The van der Waals surface area contributed by atoms with Crippen LogP contribution in [-0.2, 0) is 5.88 Å². The Morgan fingerprint density at radius 3 is 2.48 bits per heavy atom. The van der Waals surface area contributed by atoms with E-state index in [9.17, 15) is 0 Å². The molecule has 2 aromatic rings. The summed E-state index contributed by atoms with van der Waals surface area (Å²) in [5.41, 5.74) is 3.97. The number of nitrogens with zero attached hydrogens (tertiary/aromatic N) is 1. The highest BCUT2D eigenvalue weighted by atomic mass is 35.5. The molecule has 0 aliphatic heterocycles. The second kappa shape index (κ2) is 6.67. The molecule has 112 valence electrons. The Hall–Kier alpha value is -1.25. The molecular formula is C17H19Cl2NO. The lowest BCUT2D eigenvalue weighted by Crippen LogP contribution is -1.97. The maximum absolute atomic E-state index is 6.28. The number of halogens is 2. The van der Waals surface area contributed by atoms with Crippen LogP contribution in [0.2, 0.25) is 5.02 Å². The van der Waals surface area contributed by atoms with Gasteiger partial charge in [0.15, 0.2) is 0 Å². The SMILES string of the molecule is Cc1cc(Cl)c(C(C)C)cc1Oc1ccc(CCl)c(C)n1. The minimum Gasteiger partial charge on any atom is -0.439 e. The molecular weight excluding hydrogens is 305 g/mol. The topological polar surface area (TPSA) is 22.1 Å². The van der Waals surface area contributed by atoms with Gasteiger partial charge in [0, 0.05) is 22.7 Å². The number of benzene rings is 1. The highest BCUT2D eigenvalue weighted by molar-refractivity contribution is 6.31. The molecule has 2 rings (SSSR count). The summed E-state index contributed by atoms with van der Waals surface area (Å²) in [6.45, 7) is 8.13. The van der Waals surface area contributed by atoms with Gasteiger partial charge in [0.25, 0.3) is 0 Å². The van der Waals surface area contributed by atoms with E-state index in [1.54, 1.807) is 0 Å². The van der Waals surface area contributed by atoms with Gasteiger partial charge in [0.1, 0.15) is 5.75 Å². The zero-order valence-electron chi connectivity index (χ0n) is 12.7. The summed E-state index contributed by atoms with van der Waals surface area (Å²) in [5.74, 6) is 2.15. The first-order valence-corrected chi connectivity index (χ1v) is 7.84. The Balaban J connectivity index is 2.35. The number of hydrogen-bond donors (Lipinski definition) is 0. The van der Waals surface area contributed by atoms with Gasteiger partial charge in [0.2, 0.25) is 5.88 Å². The van der Waals surface area contributed by atoms with E-state index in [4.69, 9.17) is 27.9 Å². The van der Waals surface area contributed by atoms with Crippen molar-refractivity contribution >= 4 is 23.2 Å². The maximum Gasteiger partial charge on any atom is 0.219 e. The van der Waals surface area contributed by atoms with Gasteiger partial charge >= 0.3 is 0 Å². The van der Waals surface area contributed by atoms with Crippen LogP contribution >= 0.6 is 23.2 Å². The van der Waals surface area contributed by atoms with Crippen molar-refractivity contribution in [1.82, 2.24) is 4.98 Å². The van der Waals surface area contributed by atoms with Crippen molar-refractivity contribution < 1.29 is 4.74 Å². The van der Waals surface area contributed by atoms with Crippen molar-refractivity contribution in [3.63, 3.8) is 0 Å². The van der Waals surface area contributed by atoms with Crippen LogP contribution in [0.4, 0.5) is 0 Å². The molecule has 0 spiro atoms. The van der Waals surface area contributed by atoms with Crippen molar-refractivity contribution in [2.24, 2.45) is 0 Å². The Bertz CT molecular complexity index is 653. The first kappa shape index (κ1) is 16.1. The van der Waals surface area contributed by atoms with E-state index in [1.807, 2.05) is 38.1 Å². The predicted molar refractivity (Wildman–Crippen MR) is 88.9 cm³/mol. The molecule has 0 bridgehead atoms. The second-order valence-corrected chi connectivity index (χ2v) is 6.10. The third kappa shape index (κ3) is 3.69. The third-order valence-corrected chi connectivity index (χ3v) is 4.06. The summed E-state index contributed by atoms with van der Waals surface area (Å²) < 4.78 is 5.92. The second-order valence-electron chi connectivity index (χ2n) is 5.42. The molecule has 0 fully saturated rings. The number of aromatic nitrogens is 1. The zero-order chi connectivity index (χ0) is 15.6. The molecule has 1 heterocycles. The Morgan fingerprint density at radius 2 is 1.90 bits per heavy atom. The van der Waals surface area contributed by atoms with E-state index in [1.165, 1.54) is 0 Å². The van der Waals surface area contributed by atoms with Crippen LogP contribution in [0.5, 0.6) is 11.6 Å². The van der Waals surface area contributed by atoms with Gasteiger partial charge in [0.05, 0.1) is 0 Å². The normalized spacial score (nSPS) is 11.0. The predicted octanol–water partition coefficient (Wildman–Crippen LogP) is 6.01. The molecule has 0 atom stereocenters. The number of hydrogen-bond acceptors (Lipinski definition) is 2. The Labute approximate surface area is 136 Å². The van der Waals surface area contributed by atoms with E-state index in [2.05, 4.69) is 18.8 Å². The molecule has 0 saturated heterocycles. The molecule has 0 saturated carbocycles. The van der Waals surface area contributed by atoms with E-state index in [0.717, 1.165) is 33.2 Å². The van der Waals surface area contributed by atoms with Gasteiger partial charge < -0.3 is 4.74 Å². The first-order chi connectivity index (χ1) is 9.92. The lowest BCUT2D eigenvalue weighted by Gasteiger charge is -2.14. The van der Waals surface area contributed by atoms with E-state index in [-0.39, 0.29) is 0 Å². The van der Waals surface area contributed by atoms with Crippen LogP contribution in [0.1, 0.15) is 42.1 Å². The smallest absolute Gasteiger partial charge is 0.219 e. The number of ether oxygens (including phenoxy) is 1. The van der Waals surface area contributed by atoms with Crippen LogP contribution in [-0.4, -0.2) is 4.98 Å². The van der Waals surface area contributed by atoms with Gasteiger partial charge in [-0.25, -0.2) is 4.98 Å². The van der Waals surface area contributed by atoms with Crippen LogP contribution in [0.3, 0.4) is 0 Å². The van der Waals surface area contributed by atoms with Crippen molar-refractivity contribution in [2.75, 3.05) is 0 Å². The fraction of sp³-hybridized carbons (Fsp3) is 0.353. The Morgan fingerprint density at radius 1 is 1.19 bits per heavy atom. The maximum atomic E-state index is 6.28. The van der Waals surface area contributed by atoms with Crippen LogP contribution in [0, 0.1) is 13.8 Å². The zero-order valence-corrected chi connectivity index (χ0v) is 14.2. The quantitative estimate of drug-likeness (QED) is 0.643. The fourth-order valence-electron chi connectivity index (χ4n) is 2.10. The molecule has 0 aliphatic rings. The minimum absolute atomic E-state index is 0.341. The molecule has 0 aliphatic carbocycles. The van der Waals surface area contributed by atoms with Crippen molar-refractivity contribution in [3.8, 4) is 11.6 Å². The van der Waals surface area contributed by atoms with Crippen LogP contribution in [0.25, 0.3) is 0 Å². The summed E-state index contributed by atoms with van der Waals surface area (Å²) in [7, 11) is 0. The summed E-state index contributed by atoms with van der Waals surface area (Å²) in [5, 5.41) is 0.775. The van der Waals surface area contributed by atoms with Crippen LogP contribution < -0.4 is 4.74 Å². The molecule has 0 N–H and O–H groups in total. The third-order valence-electron chi connectivity index (χ3n) is 3.44. The molecule has 1 aromatic heterocycles. The molecule has 2 nitrogen and oxygen atoms in total. The van der Waals surface area contributed by atoms with Gasteiger partial charge in [-0.1, -0.05) is 31.5 Å².